The number of Topliss-reactive ketones (excluding diaryl/α,β-unsaturated/α-hetero) is 1. The number of carbonyl (C=O) groups is 1. The average Bonchev–Trinajstić information content (AvgIpc) is 3.29. The zero-order valence-electron chi connectivity index (χ0n) is 24.0. The second-order valence-corrected chi connectivity index (χ2v) is 11.9. The van der Waals surface area contributed by atoms with Gasteiger partial charge >= 0.3 is 0 Å². The zero-order chi connectivity index (χ0) is 30.0. The van der Waals surface area contributed by atoms with E-state index in [1.807, 2.05) is 19.9 Å². The number of rotatable bonds is 9. The standard InChI is InChI=1S/C30H33N5O6S/c1-5-8-24-27-28(34(3)33-24)30(37)32-29(31-27)23-17-22(11-12-26(23)41-6-2)42(38,39)35-14-13-25(36)20(18-35)15-19-9-7-10-21(16-19)40-4/h7,9-12,15-17H,5-6,8,13-14,18H2,1-4H3,(H,31,32,37)/b20-15-. The highest BCUT2D eigenvalue weighted by Crippen LogP contribution is 2.33. The van der Waals surface area contributed by atoms with Crippen molar-refractivity contribution in [2.75, 3.05) is 26.8 Å². The minimum atomic E-state index is -4.03. The zero-order valence-corrected chi connectivity index (χ0v) is 24.8. The number of methoxy groups -OCH3 is 1. The molecule has 3 heterocycles. The van der Waals surface area contributed by atoms with Crippen molar-refractivity contribution in [1.82, 2.24) is 24.1 Å². The number of aromatic amines is 1. The normalized spacial score (nSPS) is 15.4. The summed E-state index contributed by atoms with van der Waals surface area (Å²) in [6.07, 6.45) is 3.22. The number of fused-ring (bicyclic) bond motifs is 1. The van der Waals surface area contributed by atoms with Crippen LogP contribution in [0.3, 0.4) is 0 Å². The van der Waals surface area contributed by atoms with Gasteiger partial charge in [0.25, 0.3) is 5.56 Å². The van der Waals surface area contributed by atoms with Crippen LogP contribution in [0.1, 0.15) is 37.9 Å². The molecule has 220 valence electrons. The van der Waals surface area contributed by atoms with E-state index in [1.165, 1.54) is 21.1 Å². The summed E-state index contributed by atoms with van der Waals surface area (Å²) in [4.78, 5) is 33.3. The molecule has 1 N–H and O–H groups in total. The van der Waals surface area contributed by atoms with Crippen molar-refractivity contribution >= 4 is 32.9 Å². The molecule has 0 bridgehead atoms. The lowest BCUT2D eigenvalue weighted by Gasteiger charge is -2.27. The molecule has 1 fully saturated rings. The van der Waals surface area contributed by atoms with Crippen molar-refractivity contribution in [2.45, 2.75) is 38.0 Å². The van der Waals surface area contributed by atoms with E-state index >= 15 is 0 Å². The first-order valence-electron chi connectivity index (χ1n) is 13.8. The van der Waals surface area contributed by atoms with Gasteiger partial charge in [-0.05, 0) is 55.3 Å². The van der Waals surface area contributed by atoms with E-state index < -0.39 is 10.0 Å². The minimum Gasteiger partial charge on any atom is -0.497 e. The quantitative estimate of drug-likeness (QED) is 0.291. The summed E-state index contributed by atoms with van der Waals surface area (Å²) in [6.45, 7) is 4.14. The van der Waals surface area contributed by atoms with Crippen LogP contribution >= 0.6 is 0 Å². The maximum Gasteiger partial charge on any atom is 0.277 e. The number of aryl methyl sites for hydroxylation is 2. The summed E-state index contributed by atoms with van der Waals surface area (Å²) < 4.78 is 41.6. The lowest BCUT2D eigenvalue weighted by atomic mass is 10.0. The molecule has 2 aromatic carbocycles. The highest BCUT2D eigenvalue weighted by molar-refractivity contribution is 7.89. The molecule has 0 amide bonds. The number of H-pyrrole nitrogens is 1. The van der Waals surface area contributed by atoms with Gasteiger partial charge in [-0.25, -0.2) is 13.4 Å². The number of nitrogens with zero attached hydrogens (tertiary/aromatic N) is 4. The number of benzene rings is 2. The second kappa shape index (κ2) is 11.9. The molecule has 1 saturated heterocycles. The number of nitrogens with one attached hydrogen (secondary N) is 1. The smallest absolute Gasteiger partial charge is 0.277 e. The fourth-order valence-corrected chi connectivity index (χ4v) is 6.52. The van der Waals surface area contributed by atoms with Gasteiger partial charge in [0.1, 0.15) is 22.8 Å². The summed E-state index contributed by atoms with van der Waals surface area (Å²) in [5, 5.41) is 4.47. The Labute approximate surface area is 243 Å². The SMILES string of the molecule is CCCc1nn(C)c2c(=O)[nH]c(-c3cc(S(=O)(=O)N4CCC(=O)/C(=C\c5cccc(OC)c5)C4)ccc3OCC)nc12. The highest BCUT2D eigenvalue weighted by atomic mass is 32.2. The first kappa shape index (κ1) is 29.2. The molecule has 42 heavy (non-hydrogen) atoms. The molecule has 0 atom stereocenters. The molecule has 0 unspecified atom stereocenters. The Kier molecular flexibility index (Phi) is 8.28. The highest BCUT2D eigenvalue weighted by Gasteiger charge is 2.32. The van der Waals surface area contributed by atoms with Crippen LogP contribution in [0, 0.1) is 0 Å². The average molecular weight is 592 g/mol. The molecule has 0 radical (unpaired) electrons. The largest absolute Gasteiger partial charge is 0.497 e. The van der Waals surface area contributed by atoms with E-state index in [0.29, 0.717) is 52.4 Å². The van der Waals surface area contributed by atoms with Gasteiger partial charge in [0.2, 0.25) is 10.0 Å². The molecule has 1 aliphatic rings. The number of carbonyl (C=O) groups excluding carboxylic acids is 1. The van der Waals surface area contributed by atoms with E-state index in [9.17, 15) is 18.0 Å². The van der Waals surface area contributed by atoms with Crippen LogP contribution in [0.25, 0.3) is 28.5 Å². The topological polar surface area (TPSA) is 136 Å². The third kappa shape index (κ3) is 5.59. The third-order valence-electron chi connectivity index (χ3n) is 7.12. The number of ketones is 1. The van der Waals surface area contributed by atoms with Crippen LogP contribution in [0.2, 0.25) is 0 Å². The molecular weight excluding hydrogens is 558 g/mol. The van der Waals surface area contributed by atoms with Crippen molar-refractivity contribution in [3.8, 4) is 22.9 Å². The molecular formula is C30H33N5O6S. The van der Waals surface area contributed by atoms with Crippen LogP contribution in [0.5, 0.6) is 11.5 Å². The van der Waals surface area contributed by atoms with E-state index in [1.54, 1.807) is 44.5 Å². The molecule has 4 aromatic rings. The summed E-state index contributed by atoms with van der Waals surface area (Å²) in [5.74, 6) is 1.10. The Balaban J connectivity index is 1.55. The van der Waals surface area contributed by atoms with Crippen LogP contribution in [0.15, 0.2) is 57.7 Å². The van der Waals surface area contributed by atoms with Crippen molar-refractivity contribution in [2.24, 2.45) is 7.05 Å². The summed E-state index contributed by atoms with van der Waals surface area (Å²) in [7, 11) is -0.778. The van der Waals surface area contributed by atoms with Crippen molar-refractivity contribution in [3.05, 3.63) is 69.6 Å². The summed E-state index contributed by atoms with van der Waals surface area (Å²) in [6, 6.07) is 11.7. The first-order chi connectivity index (χ1) is 20.2. The van der Waals surface area contributed by atoms with E-state index in [4.69, 9.17) is 14.5 Å². The molecule has 11 nitrogen and oxygen atoms in total. The van der Waals surface area contributed by atoms with Crippen molar-refractivity contribution in [1.29, 1.82) is 0 Å². The van der Waals surface area contributed by atoms with E-state index in [2.05, 4.69) is 10.1 Å². The third-order valence-corrected chi connectivity index (χ3v) is 8.96. The maximum absolute atomic E-state index is 13.9. The Bertz CT molecular complexity index is 1860. The molecule has 0 aliphatic carbocycles. The fourth-order valence-electron chi connectivity index (χ4n) is 5.07. The van der Waals surface area contributed by atoms with Crippen LogP contribution in [0.4, 0.5) is 0 Å². The molecule has 0 spiro atoms. The number of ether oxygens (including phenoxy) is 2. The van der Waals surface area contributed by atoms with Crippen LogP contribution < -0.4 is 15.0 Å². The summed E-state index contributed by atoms with van der Waals surface area (Å²) in [5.41, 5.74) is 2.59. The summed E-state index contributed by atoms with van der Waals surface area (Å²) >= 11 is 0. The van der Waals surface area contributed by atoms with Gasteiger partial charge in [-0.1, -0.05) is 25.5 Å². The lowest BCUT2D eigenvalue weighted by Crippen LogP contribution is -2.40. The van der Waals surface area contributed by atoms with Crippen LogP contribution in [-0.4, -0.2) is 65.1 Å². The molecule has 1 aliphatic heterocycles. The van der Waals surface area contributed by atoms with Gasteiger partial charge in [-0.2, -0.15) is 9.40 Å². The fraction of sp³-hybridized carbons (Fsp3) is 0.333. The second-order valence-electron chi connectivity index (χ2n) is 9.98. The predicted octanol–water partition coefficient (Wildman–Crippen LogP) is 3.73. The Hall–Kier alpha value is -4.29. The van der Waals surface area contributed by atoms with E-state index in [-0.39, 0.29) is 41.6 Å². The lowest BCUT2D eigenvalue weighted by molar-refractivity contribution is -0.116. The van der Waals surface area contributed by atoms with Gasteiger partial charge in [0.05, 0.1) is 29.9 Å². The number of hydrogen-bond donors (Lipinski definition) is 1. The Morgan fingerprint density at radius 3 is 2.67 bits per heavy atom. The molecule has 12 heteroatoms. The van der Waals surface area contributed by atoms with Gasteiger partial charge in [-0.3, -0.25) is 14.3 Å². The molecule has 2 aromatic heterocycles. The number of aromatic nitrogens is 4. The van der Waals surface area contributed by atoms with Gasteiger partial charge < -0.3 is 14.5 Å². The predicted molar refractivity (Wildman–Crippen MR) is 159 cm³/mol. The minimum absolute atomic E-state index is 0.00116. The Morgan fingerprint density at radius 1 is 1.12 bits per heavy atom. The van der Waals surface area contributed by atoms with Crippen LogP contribution in [-0.2, 0) is 28.3 Å². The van der Waals surface area contributed by atoms with Crippen molar-refractivity contribution < 1.29 is 22.7 Å². The molecule has 0 saturated carbocycles. The number of piperidine rings is 1. The maximum atomic E-state index is 13.9. The Morgan fingerprint density at radius 2 is 1.93 bits per heavy atom. The number of sulfonamides is 1. The van der Waals surface area contributed by atoms with Gasteiger partial charge in [0.15, 0.2) is 11.3 Å². The van der Waals surface area contributed by atoms with Gasteiger partial charge in [-0.15, -0.1) is 0 Å². The molecule has 5 rings (SSSR count). The number of hydrogen-bond acceptors (Lipinski definition) is 8. The first-order valence-corrected chi connectivity index (χ1v) is 15.2. The monoisotopic (exact) mass is 591 g/mol. The van der Waals surface area contributed by atoms with E-state index in [0.717, 1.165) is 12.0 Å². The van der Waals surface area contributed by atoms with Gasteiger partial charge in [0, 0.05) is 32.1 Å². The van der Waals surface area contributed by atoms with Crippen molar-refractivity contribution in [3.63, 3.8) is 0 Å².